The van der Waals surface area contributed by atoms with Crippen LogP contribution >= 0.6 is 24.8 Å². The first-order valence-corrected chi connectivity index (χ1v) is 7.80. The zero-order valence-electron chi connectivity index (χ0n) is 13.5. The third kappa shape index (κ3) is 3.70. The van der Waals surface area contributed by atoms with Crippen molar-refractivity contribution in [2.24, 2.45) is 17.6 Å². The second kappa shape index (κ2) is 8.39. The molecule has 0 spiro atoms. The quantitative estimate of drug-likeness (QED) is 0.891. The molecule has 1 fully saturated rings. The molecule has 3 rings (SSSR count). The summed E-state index contributed by atoms with van der Waals surface area (Å²) < 4.78 is 5.55. The van der Waals surface area contributed by atoms with Gasteiger partial charge in [-0.2, -0.15) is 0 Å². The van der Waals surface area contributed by atoms with E-state index in [1.54, 1.807) is 7.11 Å². The summed E-state index contributed by atoms with van der Waals surface area (Å²) in [7, 11) is 3.97. The molecule has 22 heavy (non-hydrogen) atoms. The molecular formula is C17H28Cl2N2O. The fraction of sp³-hybridized carbons (Fsp3) is 0.647. The summed E-state index contributed by atoms with van der Waals surface area (Å²) in [5.41, 5.74) is 9.30. The summed E-state index contributed by atoms with van der Waals surface area (Å²) in [6.07, 6.45) is 4.96. The van der Waals surface area contributed by atoms with Crippen molar-refractivity contribution in [2.75, 3.05) is 27.2 Å². The molecule has 0 radical (unpaired) electrons. The van der Waals surface area contributed by atoms with Crippen molar-refractivity contribution in [2.45, 2.75) is 31.7 Å². The minimum Gasteiger partial charge on any atom is -0.496 e. The highest BCUT2D eigenvalue weighted by Gasteiger charge is 2.35. The Morgan fingerprint density at radius 3 is 2.45 bits per heavy atom. The minimum atomic E-state index is 0. The molecule has 1 saturated heterocycles. The predicted molar refractivity (Wildman–Crippen MR) is 96.5 cm³/mol. The first kappa shape index (κ1) is 19.6. The van der Waals surface area contributed by atoms with Crippen molar-refractivity contribution >= 4 is 24.8 Å². The first-order chi connectivity index (χ1) is 9.70. The van der Waals surface area contributed by atoms with Crippen LogP contribution in [-0.2, 0) is 6.42 Å². The predicted octanol–water partition coefficient (Wildman–Crippen LogP) is 3.44. The Hall–Kier alpha value is -0.480. The lowest BCUT2D eigenvalue weighted by atomic mass is 9.71. The third-order valence-electron chi connectivity index (χ3n) is 5.29. The van der Waals surface area contributed by atoms with Gasteiger partial charge in [-0.05, 0) is 69.3 Å². The van der Waals surface area contributed by atoms with Crippen molar-refractivity contribution in [1.82, 2.24) is 4.90 Å². The maximum atomic E-state index is 6.64. The van der Waals surface area contributed by atoms with E-state index >= 15 is 0 Å². The van der Waals surface area contributed by atoms with Gasteiger partial charge >= 0.3 is 0 Å². The van der Waals surface area contributed by atoms with Gasteiger partial charge in [-0.3, -0.25) is 0 Å². The fourth-order valence-corrected chi connectivity index (χ4v) is 4.07. The Morgan fingerprint density at radius 1 is 1.14 bits per heavy atom. The van der Waals surface area contributed by atoms with Gasteiger partial charge in [-0.15, -0.1) is 24.8 Å². The average Bonchev–Trinajstić information content (AvgIpc) is 2.48. The smallest absolute Gasteiger partial charge is 0.123 e. The molecule has 2 unspecified atom stereocenters. The van der Waals surface area contributed by atoms with Crippen LogP contribution in [0.25, 0.3) is 0 Å². The topological polar surface area (TPSA) is 38.5 Å². The summed E-state index contributed by atoms with van der Waals surface area (Å²) in [6.45, 7) is 2.43. The molecule has 0 bridgehead atoms. The van der Waals surface area contributed by atoms with Crippen LogP contribution in [0.5, 0.6) is 5.75 Å². The summed E-state index contributed by atoms with van der Waals surface area (Å²) in [4.78, 5) is 2.43. The number of nitrogens with two attached hydrogens (primary N) is 1. The maximum Gasteiger partial charge on any atom is 0.123 e. The van der Waals surface area contributed by atoms with Crippen molar-refractivity contribution in [3.05, 3.63) is 29.3 Å². The number of halogens is 2. The summed E-state index contributed by atoms with van der Waals surface area (Å²) in [5, 5.41) is 0. The van der Waals surface area contributed by atoms with Crippen LogP contribution in [0.3, 0.4) is 0 Å². The van der Waals surface area contributed by atoms with Crippen LogP contribution in [0.4, 0.5) is 0 Å². The molecule has 2 atom stereocenters. The number of aryl methyl sites for hydroxylation is 1. The molecule has 1 aliphatic heterocycles. The molecule has 1 aliphatic carbocycles. The molecule has 2 aliphatic rings. The number of methoxy groups -OCH3 is 1. The van der Waals surface area contributed by atoms with Gasteiger partial charge in [0.05, 0.1) is 7.11 Å². The van der Waals surface area contributed by atoms with E-state index in [1.165, 1.54) is 43.5 Å². The number of hydrogen-bond donors (Lipinski definition) is 1. The van der Waals surface area contributed by atoms with E-state index in [0.717, 1.165) is 18.1 Å². The normalized spacial score (nSPS) is 25.6. The highest BCUT2D eigenvalue weighted by molar-refractivity contribution is 5.85. The van der Waals surface area contributed by atoms with E-state index in [9.17, 15) is 0 Å². The third-order valence-corrected chi connectivity index (χ3v) is 5.29. The second-order valence-electron chi connectivity index (χ2n) is 6.40. The molecule has 5 heteroatoms. The first-order valence-electron chi connectivity index (χ1n) is 7.80. The van der Waals surface area contributed by atoms with Crippen molar-refractivity contribution in [3.8, 4) is 5.75 Å². The molecule has 126 valence electrons. The summed E-state index contributed by atoms with van der Waals surface area (Å²) >= 11 is 0. The number of nitrogens with zero attached hydrogens (tertiary/aromatic N) is 1. The second-order valence-corrected chi connectivity index (χ2v) is 6.40. The molecule has 1 aromatic rings. The maximum absolute atomic E-state index is 6.64. The average molecular weight is 347 g/mol. The van der Waals surface area contributed by atoms with Gasteiger partial charge in [-0.1, -0.05) is 12.1 Å². The lowest BCUT2D eigenvalue weighted by Gasteiger charge is -2.40. The Bertz CT molecular complexity index is 461. The van der Waals surface area contributed by atoms with E-state index in [-0.39, 0.29) is 30.9 Å². The van der Waals surface area contributed by atoms with Crippen LogP contribution in [0, 0.1) is 11.8 Å². The van der Waals surface area contributed by atoms with Crippen LogP contribution in [0.2, 0.25) is 0 Å². The number of fused-ring (bicyclic) bond motifs is 1. The van der Waals surface area contributed by atoms with Gasteiger partial charge in [0.25, 0.3) is 0 Å². The largest absolute Gasteiger partial charge is 0.496 e. The lowest BCUT2D eigenvalue weighted by molar-refractivity contribution is 0.143. The number of rotatable bonds is 2. The Morgan fingerprint density at radius 2 is 1.82 bits per heavy atom. The van der Waals surface area contributed by atoms with Crippen LogP contribution in [0.1, 0.15) is 36.4 Å². The monoisotopic (exact) mass is 346 g/mol. The highest BCUT2D eigenvalue weighted by Crippen LogP contribution is 2.43. The lowest BCUT2D eigenvalue weighted by Crippen LogP contribution is -2.39. The molecule has 0 saturated carbocycles. The molecule has 1 aromatic carbocycles. The Kier molecular flexibility index (Phi) is 7.47. The van der Waals surface area contributed by atoms with E-state index in [1.807, 2.05) is 0 Å². The van der Waals surface area contributed by atoms with Crippen LogP contribution in [0.15, 0.2) is 18.2 Å². The van der Waals surface area contributed by atoms with Gasteiger partial charge in [0.1, 0.15) is 5.75 Å². The number of hydrogen-bond acceptors (Lipinski definition) is 3. The standard InChI is InChI=1S/C17H26N2O.2ClH/c1-19-10-8-12(9-11-19)14-7-6-13-4-3-5-15(20-2)16(13)17(14)18;;/h3-5,12,14,17H,6-11,18H2,1-2H3;2*1H. The van der Waals surface area contributed by atoms with Gasteiger partial charge in [0.15, 0.2) is 0 Å². The molecule has 3 nitrogen and oxygen atoms in total. The molecule has 1 heterocycles. The van der Waals surface area contributed by atoms with Crippen molar-refractivity contribution < 1.29 is 4.74 Å². The van der Waals surface area contributed by atoms with Gasteiger partial charge in [0.2, 0.25) is 0 Å². The molecule has 0 aromatic heterocycles. The van der Waals surface area contributed by atoms with E-state index < -0.39 is 0 Å². The molecular weight excluding hydrogens is 319 g/mol. The van der Waals surface area contributed by atoms with Gasteiger partial charge in [-0.25, -0.2) is 0 Å². The van der Waals surface area contributed by atoms with Gasteiger partial charge < -0.3 is 15.4 Å². The minimum absolute atomic E-state index is 0. The SMILES string of the molecule is COc1cccc2c1C(N)C(C1CCN(C)CC1)CC2.Cl.Cl. The Balaban J connectivity index is 0.00000121. The zero-order valence-corrected chi connectivity index (χ0v) is 15.1. The van der Waals surface area contributed by atoms with E-state index in [0.29, 0.717) is 5.92 Å². The van der Waals surface area contributed by atoms with Crippen molar-refractivity contribution in [1.29, 1.82) is 0 Å². The van der Waals surface area contributed by atoms with Gasteiger partial charge in [0, 0.05) is 11.6 Å². The zero-order chi connectivity index (χ0) is 14.1. The number of piperidine rings is 1. The van der Waals surface area contributed by atoms with Crippen molar-refractivity contribution in [3.63, 3.8) is 0 Å². The summed E-state index contributed by atoms with van der Waals surface area (Å²) in [5.74, 6) is 2.37. The van der Waals surface area contributed by atoms with Crippen LogP contribution < -0.4 is 10.5 Å². The Labute approximate surface area is 146 Å². The highest BCUT2D eigenvalue weighted by atomic mass is 35.5. The summed E-state index contributed by atoms with van der Waals surface area (Å²) in [6, 6.07) is 6.49. The fourth-order valence-electron chi connectivity index (χ4n) is 4.07. The van der Waals surface area contributed by atoms with E-state index in [4.69, 9.17) is 10.5 Å². The number of benzene rings is 1. The number of likely N-dealkylation sites (tertiary alicyclic amines) is 1. The molecule has 0 amide bonds. The van der Waals surface area contributed by atoms with Crippen LogP contribution in [-0.4, -0.2) is 32.1 Å². The molecule has 2 N–H and O–H groups in total. The van der Waals surface area contributed by atoms with E-state index in [2.05, 4.69) is 30.1 Å². The number of ether oxygens (including phenoxy) is 1.